The van der Waals surface area contributed by atoms with Gasteiger partial charge in [0.2, 0.25) is 0 Å². The van der Waals surface area contributed by atoms with Gasteiger partial charge in [-0.1, -0.05) is 13.8 Å². The van der Waals surface area contributed by atoms with Crippen LogP contribution in [0.5, 0.6) is 11.5 Å². The normalized spacial score (nSPS) is 14.6. The van der Waals surface area contributed by atoms with E-state index in [0.29, 0.717) is 31.0 Å². The highest BCUT2D eigenvalue weighted by Crippen LogP contribution is 2.33. The van der Waals surface area contributed by atoms with Gasteiger partial charge in [-0.05, 0) is 35.6 Å². The molecule has 1 aromatic carbocycles. The summed E-state index contributed by atoms with van der Waals surface area (Å²) in [6, 6.07) is 2.91. The second-order valence-electron chi connectivity index (χ2n) is 6.34. The maximum atomic E-state index is 12.6. The van der Waals surface area contributed by atoms with Gasteiger partial charge in [0.15, 0.2) is 11.5 Å². The number of amides is 2. The van der Waals surface area contributed by atoms with Crippen LogP contribution in [0.3, 0.4) is 0 Å². The predicted molar refractivity (Wildman–Crippen MR) is 92.8 cm³/mol. The Morgan fingerprint density at radius 2 is 1.68 bits per heavy atom. The van der Waals surface area contributed by atoms with Crippen LogP contribution in [0.25, 0.3) is 0 Å². The predicted octanol–water partition coefficient (Wildman–Crippen LogP) is 1.97. The van der Waals surface area contributed by atoms with Crippen molar-refractivity contribution in [3.8, 4) is 11.5 Å². The highest BCUT2D eigenvalue weighted by Gasteiger charge is 2.29. The second kappa shape index (κ2) is 8.09. The van der Waals surface area contributed by atoms with Crippen molar-refractivity contribution in [1.29, 1.82) is 0 Å². The van der Waals surface area contributed by atoms with E-state index < -0.39 is 12.0 Å². The molecular weight excluding hydrogens is 324 g/mol. The Morgan fingerprint density at radius 1 is 1.08 bits per heavy atom. The first kappa shape index (κ1) is 18.9. The summed E-state index contributed by atoms with van der Waals surface area (Å²) in [5.41, 5.74) is 2.15. The van der Waals surface area contributed by atoms with E-state index in [9.17, 15) is 9.59 Å². The molecule has 2 amide bonds. The van der Waals surface area contributed by atoms with E-state index in [1.165, 1.54) is 7.11 Å². The third-order valence-electron chi connectivity index (χ3n) is 4.41. The standard InChI is InChI=1S/C18H26N2O5/c1-11(2)16(17(21)25-5)19-18(22)20-7-6-12-8-14(23-3)15(24-4)9-13(12)10-20/h8-9,11,16H,6-7,10H2,1-5H3,(H,19,22)/t16-/m0/s1. The molecule has 0 unspecified atom stereocenters. The molecule has 0 saturated carbocycles. The van der Waals surface area contributed by atoms with Gasteiger partial charge in [-0.25, -0.2) is 9.59 Å². The molecule has 1 aromatic rings. The summed E-state index contributed by atoms with van der Waals surface area (Å²) in [4.78, 5) is 26.1. The maximum absolute atomic E-state index is 12.6. The van der Waals surface area contributed by atoms with Crippen molar-refractivity contribution in [2.45, 2.75) is 32.9 Å². The molecule has 7 heteroatoms. The number of rotatable bonds is 5. The van der Waals surface area contributed by atoms with Gasteiger partial charge >= 0.3 is 12.0 Å². The van der Waals surface area contributed by atoms with Crippen molar-refractivity contribution in [3.05, 3.63) is 23.3 Å². The molecule has 0 spiro atoms. The van der Waals surface area contributed by atoms with Crippen LogP contribution >= 0.6 is 0 Å². The Kier molecular flexibility index (Phi) is 6.12. The molecule has 0 fully saturated rings. The van der Waals surface area contributed by atoms with Gasteiger partial charge < -0.3 is 24.4 Å². The lowest BCUT2D eigenvalue weighted by atomic mass is 9.99. The van der Waals surface area contributed by atoms with Gasteiger partial charge in [-0.3, -0.25) is 0 Å². The third-order valence-corrected chi connectivity index (χ3v) is 4.41. The highest BCUT2D eigenvalue weighted by molar-refractivity contribution is 5.84. The molecule has 1 heterocycles. The highest BCUT2D eigenvalue weighted by atomic mass is 16.5. The fourth-order valence-electron chi connectivity index (χ4n) is 2.91. The van der Waals surface area contributed by atoms with Crippen LogP contribution < -0.4 is 14.8 Å². The number of carbonyl (C=O) groups is 2. The first-order valence-corrected chi connectivity index (χ1v) is 8.28. The molecule has 1 N–H and O–H groups in total. The van der Waals surface area contributed by atoms with Gasteiger partial charge in [0.05, 0.1) is 21.3 Å². The number of esters is 1. The van der Waals surface area contributed by atoms with E-state index in [1.54, 1.807) is 19.1 Å². The molecule has 0 aliphatic carbocycles. The zero-order chi connectivity index (χ0) is 18.6. The van der Waals surface area contributed by atoms with Gasteiger partial charge in [0, 0.05) is 13.1 Å². The fraction of sp³-hybridized carbons (Fsp3) is 0.556. The summed E-state index contributed by atoms with van der Waals surface area (Å²) in [6.45, 7) is 4.75. The van der Waals surface area contributed by atoms with E-state index >= 15 is 0 Å². The molecule has 0 radical (unpaired) electrons. The molecule has 1 atom stereocenters. The van der Waals surface area contributed by atoms with Crippen molar-refractivity contribution < 1.29 is 23.8 Å². The number of ether oxygens (including phenoxy) is 3. The maximum Gasteiger partial charge on any atom is 0.328 e. The molecule has 1 aliphatic heterocycles. The first-order chi connectivity index (χ1) is 11.9. The quantitative estimate of drug-likeness (QED) is 0.822. The SMILES string of the molecule is COC(=O)[C@@H](NC(=O)N1CCc2cc(OC)c(OC)cc2C1)C(C)C. The molecule has 7 nitrogen and oxygen atoms in total. The molecule has 2 rings (SSSR count). The number of methoxy groups -OCH3 is 3. The summed E-state index contributed by atoms with van der Waals surface area (Å²) in [6.07, 6.45) is 0.716. The van der Waals surface area contributed by atoms with E-state index in [0.717, 1.165) is 11.1 Å². The lowest BCUT2D eigenvalue weighted by Gasteiger charge is -2.31. The molecule has 1 aliphatic rings. The molecule has 138 valence electrons. The Balaban J connectivity index is 2.13. The number of nitrogens with zero attached hydrogens (tertiary/aromatic N) is 1. The van der Waals surface area contributed by atoms with Crippen molar-refractivity contribution in [3.63, 3.8) is 0 Å². The number of benzene rings is 1. The molecule has 0 bridgehead atoms. The van der Waals surface area contributed by atoms with Crippen molar-refractivity contribution in [2.75, 3.05) is 27.9 Å². The number of fused-ring (bicyclic) bond motifs is 1. The van der Waals surface area contributed by atoms with Crippen LogP contribution in [0.15, 0.2) is 12.1 Å². The van der Waals surface area contributed by atoms with Crippen LogP contribution in [0.2, 0.25) is 0 Å². The molecular formula is C18H26N2O5. The van der Waals surface area contributed by atoms with Gasteiger partial charge in [-0.15, -0.1) is 0 Å². The van der Waals surface area contributed by atoms with Crippen LogP contribution in [0.4, 0.5) is 4.79 Å². The summed E-state index contributed by atoms with van der Waals surface area (Å²) < 4.78 is 15.4. The van der Waals surface area contributed by atoms with Crippen molar-refractivity contribution in [2.24, 2.45) is 5.92 Å². The molecule has 0 aromatic heterocycles. The number of urea groups is 1. The molecule has 0 saturated heterocycles. The Labute approximate surface area is 148 Å². The minimum absolute atomic E-state index is 0.0576. The fourth-order valence-corrected chi connectivity index (χ4v) is 2.91. The second-order valence-corrected chi connectivity index (χ2v) is 6.34. The van der Waals surface area contributed by atoms with E-state index in [4.69, 9.17) is 14.2 Å². The van der Waals surface area contributed by atoms with Gasteiger partial charge in [0.25, 0.3) is 0 Å². The molecule has 25 heavy (non-hydrogen) atoms. The van der Waals surface area contributed by atoms with Crippen molar-refractivity contribution in [1.82, 2.24) is 10.2 Å². The first-order valence-electron chi connectivity index (χ1n) is 8.28. The summed E-state index contributed by atoms with van der Waals surface area (Å²) in [7, 11) is 4.51. The Morgan fingerprint density at radius 3 is 2.20 bits per heavy atom. The number of hydrogen-bond acceptors (Lipinski definition) is 5. The summed E-state index contributed by atoms with van der Waals surface area (Å²) in [5, 5.41) is 2.78. The third kappa shape index (κ3) is 4.15. The zero-order valence-electron chi connectivity index (χ0n) is 15.4. The average Bonchev–Trinajstić information content (AvgIpc) is 2.63. The summed E-state index contributed by atoms with van der Waals surface area (Å²) >= 11 is 0. The number of nitrogens with one attached hydrogen (secondary N) is 1. The van der Waals surface area contributed by atoms with E-state index in [2.05, 4.69) is 5.32 Å². The minimum atomic E-state index is -0.663. The van der Waals surface area contributed by atoms with Crippen LogP contribution in [0.1, 0.15) is 25.0 Å². The Bertz CT molecular complexity index is 645. The topological polar surface area (TPSA) is 77.1 Å². The monoisotopic (exact) mass is 350 g/mol. The lowest BCUT2D eigenvalue weighted by Crippen LogP contribution is -2.51. The Hall–Kier alpha value is -2.44. The van der Waals surface area contributed by atoms with E-state index in [1.807, 2.05) is 26.0 Å². The number of hydrogen-bond donors (Lipinski definition) is 1. The van der Waals surface area contributed by atoms with Crippen LogP contribution in [-0.2, 0) is 22.5 Å². The lowest BCUT2D eigenvalue weighted by molar-refractivity contribution is -0.144. The van der Waals surface area contributed by atoms with Crippen molar-refractivity contribution >= 4 is 12.0 Å². The van der Waals surface area contributed by atoms with Crippen LogP contribution in [-0.4, -0.2) is 50.8 Å². The number of carbonyl (C=O) groups excluding carboxylic acids is 2. The van der Waals surface area contributed by atoms with Gasteiger partial charge in [-0.2, -0.15) is 0 Å². The zero-order valence-corrected chi connectivity index (χ0v) is 15.4. The smallest absolute Gasteiger partial charge is 0.328 e. The largest absolute Gasteiger partial charge is 0.493 e. The van der Waals surface area contributed by atoms with Crippen LogP contribution in [0, 0.1) is 5.92 Å². The minimum Gasteiger partial charge on any atom is -0.493 e. The average molecular weight is 350 g/mol. The summed E-state index contributed by atoms with van der Waals surface area (Å²) in [5.74, 6) is 0.827. The van der Waals surface area contributed by atoms with Gasteiger partial charge in [0.1, 0.15) is 6.04 Å². The van der Waals surface area contributed by atoms with E-state index in [-0.39, 0.29) is 11.9 Å².